The molecule has 8 heteroatoms. The third-order valence-corrected chi connectivity index (χ3v) is 2.07. The summed E-state index contributed by atoms with van der Waals surface area (Å²) in [4.78, 5) is 8.62. The zero-order valence-electron chi connectivity index (χ0n) is 9.91. The number of nitrogens with one attached hydrogen (secondary N) is 1. The fourth-order valence-corrected chi connectivity index (χ4v) is 1.41. The van der Waals surface area contributed by atoms with E-state index < -0.39 is 12.7 Å². The van der Waals surface area contributed by atoms with Crippen LogP contribution in [0.5, 0.6) is 0 Å². The molecule has 18 heavy (non-hydrogen) atoms. The van der Waals surface area contributed by atoms with Gasteiger partial charge in [-0.15, -0.1) is 0 Å². The number of rotatable bonds is 6. The van der Waals surface area contributed by atoms with Crippen molar-refractivity contribution in [3.63, 3.8) is 0 Å². The van der Waals surface area contributed by atoms with Gasteiger partial charge in [-0.25, -0.2) is 9.97 Å². The number of halogens is 3. The Hall–Kier alpha value is -1.57. The number of hydrogen-bond donors (Lipinski definition) is 2. The van der Waals surface area contributed by atoms with Crippen LogP contribution in [0.1, 0.15) is 6.92 Å². The van der Waals surface area contributed by atoms with E-state index in [1.54, 1.807) is 0 Å². The number of aliphatic hydroxyl groups excluding tert-OH is 1. The molecule has 0 aliphatic rings. The summed E-state index contributed by atoms with van der Waals surface area (Å²) in [5.74, 6) is 0.583. The second-order valence-corrected chi connectivity index (χ2v) is 3.55. The smallest absolute Gasteiger partial charge is 0.395 e. The van der Waals surface area contributed by atoms with Gasteiger partial charge in [-0.2, -0.15) is 13.2 Å². The van der Waals surface area contributed by atoms with Crippen LogP contribution in [0.2, 0.25) is 0 Å². The van der Waals surface area contributed by atoms with Crippen LogP contribution >= 0.6 is 0 Å². The molecular weight excluding hydrogens is 249 g/mol. The van der Waals surface area contributed by atoms with E-state index in [1.165, 1.54) is 12.4 Å². The quantitative estimate of drug-likeness (QED) is 0.810. The van der Waals surface area contributed by atoms with Crippen LogP contribution in [-0.2, 0) is 0 Å². The van der Waals surface area contributed by atoms with Gasteiger partial charge in [0.1, 0.15) is 24.5 Å². The van der Waals surface area contributed by atoms with E-state index in [2.05, 4.69) is 15.3 Å². The molecule has 1 aromatic heterocycles. The van der Waals surface area contributed by atoms with Crippen molar-refractivity contribution in [3.05, 3.63) is 12.4 Å². The molecule has 2 N–H and O–H groups in total. The number of hydrogen-bond acceptors (Lipinski definition) is 5. The van der Waals surface area contributed by atoms with Crippen LogP contribution in [-0.4, -0.2) is 47.5 Å². The molecule has 0 aliphatic carbocycles. The van der Waals surface area contributed by atoms with E-state index in [4.69, 9.17) is 5.11 Å². The molecule has 0 bridgehead atoms. The minimum atomic E-state index is -4.35. The first-order chi connectivity index (χ1) is 8.46. The molecule has 0 amide bonds. The summed E-state index contributed by atoms with van der Waals surface area (Å²) in [6.07, 6.45) is -3.16. The van der Waals surface area contributed by atoms with Crippen LogP contribution in [0.4, 0.5) is 24.8 Å². The summed E-state index contributed by atoms with van der Waals surface area (Å²) >= 11 is 0. The summed E-state index contributed by atoms with van der Waals surface area (Å²) in [5, 5.41) is 11.7. The first kappa shape index (κ1) is 14.5. The fourth-order valence-electron chi connectivity index (χ4n) is 1.41. The summed E-state index contributed by atoms with van der Waals surface area (Å²) in [5.41, 5.74) is 0. The Balaban J connectivity index is 2.87. The molecule has 0 atom stereocenters. The monoisotopic (exact) mass is 264 g/mol. The number of anilines is 2. The van der Waals surface area contributed by atoms with E-state index in [-0.39, 0.29) is 19.0 Å². The Morgan fingerprint density at radius 2 is 2.11 bits per heavy atom. The van der Waals surface area contributed by atoms with Gasteiger partial charge in [-0.05, 0) is 6.92 Å². The lowest BCUT2D eigenvalue weighted by atomic mass is 10.4. The Labute approximate surface area is 103 Å². The zero-order chi connectivity index (χ0) is 13.6. The van der Waals surface area contributed by atoms with Gasteiger partial charge in [0.15, 0.2) is 0 Å². The Morgan fingerprint density at radius 3 is 2.67 bits per heavy atom. The molecular formula is C10H15F3N4O. The van der Waals surface area contributed by atoms with Crippen LogP contribution in [0.15, 0.2) is 12.4 Å². The van der Waals surface area contributed by atoms with E-state index >= 15 is 0 Å². The third-order valence-electron chi connectivity index (χ3n) is 2.07. The molecule has 0 fully saturated rings. The van der Waals surface area contributed by atoms with Crippen molar-refractivity contribution in [2.24, 2.45) is 0 Å². The molecule has 102 valence electrons. The Bertz CT molecular complexity index is 372. The maximum Gasteiger partial charge on any atom is 0.405 e. The highest BCUT2D eigenvalue weighted by Crippen LogP contribution is 2.21. The minimum Gasteiger partial charge on any atom is -0.395 e. The van der Waals surface area contributed by atoms with E-state index in [1.807, 2.05) is 6.92 Å². The molecule has 1 heterocycles. The highest BCUT2D eigenvalue weighted by atomic mass is 19.4. The average Bonchev–Trinajstić information content (AvgIpc) is 2.28. The van der Waals surface area contributed by atoms with Crippen LogP contribution in [0.25, 0.3) is 0 Å². The molecule has 0 unspecified atom stereocenters. The normalized spacial score (nSPS) is 11.4. The van der Waals surface area contributed by atoms with Gasteiger partial charge in [0.2, 0.25) is 0 Å². The van der Waals surface area contributed by atoms with Crippen LogP contribution in [0.3, 0.4) is 0 Å². The van der Waals surface area contributed by atoms with Crippen molar-refractivity contribution in [1.29, 1.82) is 0 Å². The SMILES string of the molecule is CCNc1cc(N(CCO)CC(F)(F)F)ncn1. The number of aliphatic hydroxyl groups is 1. The first-order valence-electron chi connectivity index (χ1n) is 5.44. The van der Waals surface area contributed by atoms with Crippen LogP contribution in [0, 0.1) is 0 Å². The largest absolute Gasteiger partial charge is 0.405 e. The van der Waals surface area contributed by atoms with Crippen molar-refractivity contribution in [2.45, 2.75) is 13.1 Å². The van der Waals surface area contributed by atoms with Gasteiger partial charge in [-0.1, -0.05) is 0 Å². The highest BCUT2D eigenvalue weighted by Gasteiger charge is 2.31. The topological polar surface area (TPSA) is 61.3 Å². The Kier molecular flexibility index (Phi) is 5.14. The molecule has 0 spiro atoms. The molecule has 0 saturated heterocycles. The van der Waals surface area contributed by atoms with Gasteiger partial charge in [0, 0.05) is 19.2 Å². The van der Waals surface area contributed by atoms with E-state index in [0.29, 0.717) is 12.4 Å². The van der Waals surface area contributed by atoms with Crippen molar-refractivity contribution in [1.82, 2.24) is 9.97 Å². The van der Waals surface area contributed by atoms with Crippen molar-refractivity contribution < 1.29 is 18.3 Å². The van der Waals surface area contributed by atoms with Gasteiger partial charge in [0.05, 0.1) is 6.61 Å². The van der Waals surface area contributed by atoms with Gasteiger partial charge in [-0.3, -0.25) is 0 Å². The standard InChI is InChI=1S/C10H15F3N4O/c1-2-14-8-5-9(16-7-15-8)17(3-4-18)6-10(11,12)13/h5,7,18H,2-4,6H2,1H3,(H,14,15,16). The second kappa shape index (κ2) is 6.39. The predicted molar refractivity (Wildman–Crippen MR) is 61.5 cm³/mol. The lowest BCUT2D eigenvalue weighted by Crippen LogP contribution is -2.36. The third kappa shape index (κ3) is 4.74. The summed E-state index contributed by atoms with van der Waals surface area (Å²) in [6.45, 7) is 0.785. The molecule has 0 aromatic carbocycles. The summed E-state index contributed by atoms with van der Waals surface area (Å²) < 4.78 is 37.1. The van der Waals surface area contributed by atoms with Crippen LogP contribution < -0.4 is 10.2 Å². The molecule has 0 radical (unpaired) electrons. The van der Waals surface area contributed by atoms with Gasteiger partial charge in [0.25, 0.3) is 0 Å². The predicted octanol–water partition coefficient (Wildman–Crippen LogP) is 1.27. The lowest BCUT2D eigenvalue weighted by molar-refractivity contribution is -0.120. The zero-order valence-corrected chi connectivity index (χ0v) is 9.91. The summed E-state index contributed by atoms with van der Waals surface area (Å²) in [7, 11) is 0. The minimum absolute atomic E-state index is 0.132. The van der Waals surface area contributed by atoms with E-state index in [9.17, 15) is 13.2 Å². The second-order valence-electron chi connectivity index (χ2n) is 3.55. The molecule has 1 rings (SSSR count). The van der Waals surface area contributed by atoms with Gasteiger partial charge >= 0.3 is 6.18 Å². The Morgan fingerprint density at radius 1 is 1.39 bits per heavy atom. The highest BCUT2D eigenvalue weighted by molar-refractivity contribution is 5.48. The van der Waals surface area contributed by atoms with Crippen molar-refractivity contribution >= 4 is 11.6 Å². The van der Waals surface area contributed by atoms with Crippen molar-refractivity contribution in [3.8, 4) is 0 Å². The molecule has 1 aromatic rings. The lowest BCUT2D eigenvalue weighted by Gasteiger charge is -2.24. The summed E-state index contributed by atoms with van der Waals surface area (Å²) in [6, 6.07) is 1.42. The number of nitrogens with zero attached hydrogens (tertiary/aromatic N) is 3. The molecule has 0 saturated carbocycles. The van der Waals surface area contributed by atoms with E-state index in [0.717, 1.165) is 4.90 Å². The fraction of sp³-hybridized carbons (Fsp3) is 0.600. The maximum absolute atomic E-state index is 12.4. The van der Waals surface area contributed by atoms with Crippen molar-refractivity contribution in [2.75, 3.05) is 36.5 Å². The first-order valence-corrected chi connectivity index (χ1v) is 5.44. The van der Waals surface area contributed by atoms with Gasteiger partial charge < -0.3 is 15.3 Å². The maximum atomic E-state index is 12.4. The average molecular weight is 264 g/mol. The number of aromatic nitrogens is 2. The number of alkyl halides is 3. The molecule has 0 aliphatic heterocycles. The molecule has 5 nitrogen and oxygen atoms in total.